The Morgan fingerprint density at radius 1 is 1.40 bits per heavy atom. The molecule has 0 aromatic heterocycles. The molecule has 0 bridgehead atoms. The van der Waals surface area contributed by atoms with Crippen LogP contribution in [0.2, 0.25) is 0 Å². The molecular formula is C10H12F2N2S. The molecule has 82 valence electrons. The minimum absolute atomic E-state index is 0.300. The molecule has 2 nitrogen and oxygen atoms in total. The van der Waals surface area contributed by atoms with Gasteiger partial charge in [0, 0.05) is 18.7 Å². The van der Waals surface area contributed by atoms with Gasteiger partial charge < -0.3 is 10.6 Å². The topological polar surface area (TPSA) is 24.1 Å². The smallest absolute Gasteiger partial charge is 0.166 e. The predicted molar refractivity (Wildman–Crippen MR) is 59.6 cm³/mol. The monoisotopic (exact) mass is 230 g/mol. The van der Waals surface area contributed by atoms with E-state index >= 15 is 0 Å². The Kier molecular flexibility index (Phi) is 3.96. The van der Waals surface area contributed by atoms with Crippen molar-refractivity contribution < 1.29 is 8.78 Å². The lowest BCUT2D eigenvalue weighted by Gasteiger charge is -2.16. The van der Waals surface area contributed by atoms with E-state index in [2.05, 4.69) is 10.6 Å². The molecule has 0 saturated heterocycles. The molecule has 0 heterocycles. The summed E-state index contributed by atoms with van der Waals surface area (Å²) in [4.78, 5) is 0. The zero-order valence-corrected chi connectivity index (χ0v) is 9.29. The van der Waals surface area contributed by atoms with E-state index in [-0.39, 0.29) is 6.04 Å². The molecule has 0 aliphatic carbocycles. The van der Waals surface area contributed by atoms with Crippen molar-refractivity contribution in [3.63, 3.8) is 0 Å². The quantitative estimate of drug-likeness (QED) is 0.761. The molecule has 0 saturated carbocycles. The van der Waals surface area contributed by atoms with Crippen LogP contribution >= 0.6 is 12.2 Å². The van der Waals surface area contributed by atoms with Gasteiger partial charge in [0.25, 0.3) is 0 Å². The van der Waals surface area contributed by atoms with Crippen molar-refractivity contribution >= 4 is 17.3 Å². The first-order chi connectivity index (χ1) is 7.04. The molecule has 0 spiro atoms. The van der Waals surface area contributed by atoms with Crippen LogP contribution in [0, 0.1) is 11.6 Å². The molecule has 0 unspecified atom stereocenters. The van der Waals surface area contributed by atoms with Crippen molar-refractivity contribution in [1.82, 2.24) is 10.6 Å². The first-order valence-electron chi connectivity index (χ1n) is 4.47. The second-order valence-electron chi connectivity index (χ2n) is 3.11. The SMILES string of the molecule is CNC(=S)N[C@@H](C)c1ccc(F)cc1F. The number of hydrogen-bond acceptors (Lipinski definition) is 1. The number of hydrogen-bond donors (Lipinski definition) is 2. The Bertz CT molecular complexity index is 368. The third-order valence-corrected chi connectivity index (χ3v) is 2.33. The molecule has 1 atom stereocenters. The first-order valence-corrected chi connectivity index (χ1v) is 4.88. The Balaban J connectivity index is 2.82. The molecule has 0 fully saturated rings. The van der Waals surface area contributed by atoms with Crippen molar-refractivity contribution in [3.8, 4) is 0 Å². The van der Waals surface area contributed by atoms with Gasteiger partial charge in [-0.05, 0) is 25.2 Å². The zero-order chi connectivity index (χ0) is 11.4. The lowest BCUT2D eigenvalue weighted by atomic mass is 10.1. The van der Waals surface area contributed by atoms with Gasteiger partial charge in [-0.25, -0.2) is 8.78 Å². The van der Waals surface area contributed by atoms with Crippen LogP contribution in [-0.2, 0) is 0 Å². The van der Waals surface area contributed by atoms with Gasteiger partial charge in [0.05, 0.1) is 6.04 Å². The minimum atomic E-state index is -0.584. The molecule has 0 radical (unpaired) electrons. The number of rotatable bonds is 2. The highest BCUT2D eigenvalue weighted by molar-refractivity contribution is 7.80. The molecule has 2 N–H and O–H groups in total. The van der Waals surface area contributed by atoms with Crippen LogP contribution < -0.4 is 10.6 Å². The Morgan fingerprint density at radius 2 is 2.07 bits per heavy atom. The summed E-state index contributed by atoms with van der Waals surface area (Å²) in [6.45, 7) is 1.75. The highest BCUT2D eigenvalue weighted by Gasteiger charge is 2.11. The first kappa shape index (κ1) is 11.8. The van der Waals surface area contributed by atoms with Gasteiger partial charge in [-0.2, -0.15) is 0 Å². The van der Waals surface area contributed by atoms with Crippen molar-refractivity contribution in [2.75, 3.05) is 7.05 Å². The van der Waals surface area contributed by atoms with E-state index < -0.39 is 11.6 Å². The largest absolute Gasteiger partial charge is 0.366 e. The van der Waals surface area contributed by atoms with E-state index in [1.165, 1.54) is 12.1 Å². The van der Waals surface area contributed by atoms with E-state index in [1.54, 1.807) is 14.0 Å². The van der Waals surface area contributed by atoms with Crippen LogP contribution in [0.1, 0.15) is 18.5 Å². The fraction of sp³-hybridized carbons (Fsp3) is 0.300. The Hall–Kier alpha value is -1.23. The van der Waals surface area contributed by atoms with Gasteiger partial charge in [-0.15, -0.1) is 0 Å². The van der Waals surface area contributed by atoms with Crippen LogP contribution in [0.3, 0.4) is 0 Å². The van der Waals surface area contributed by atoms with Crippen molar-refractivity contribution in [1.29, 1.82) is 0 Å². The number of thiocarbonyl (C=S) groups is 1. The summed E-state index contributed by atoms with van der Waals surface area (Å²) in [5, 5.41) is 6.01. The molecule has 5 heteroatoms. The van der Waals surface area contributed by atoms with E-state index in [1.807, 2.05) is 0 Å². The maximum absolute atomic E-state index is 13.3. The Labute approximate surface area is 92.7 Å². The third-order valence-electron chi connectivity index (χ3n) is 2.00. The summed E-state index contributed by atoms with van der Waals surface area (Å²) in [5.41, 5.74) is 0.383. The average molecular weight is 230 g/mol. The number of benzene rings is 1. The summed E-state index contributed by atoms with van der Waals surface area (Å²) in [5.74, 6) is -1.16. The summed E-state index contributed by atoms with van der Waals surface area (Å²) in [6.07, 6.45) is 0. The third kappa shape index (κ3) is 3.13. The molecule has 1 aromatic carbocycles. The normalized spacial score (nSPS) is 12.0. The van der Waals surface area contributed by atoms with Crippen molar-refractivity contribution in [3.05, 3.63) is 35.4 Å². The maximum atomic E-state index is 13.3. The van der Waals surface area contributed by atoms with Gasteiger partial charge in [-0.1, -0.05) is 6.07 Å². The number of halogens is 2. The molecule has 15 heavy (non-hydrogen) atoms. The number of nitrogens with one attached hydrogen (secondary N) is 2. The standard InChI is InChI=1S/C10H12F2N2S/c1-6(14-10(15)13-2)8-4-3-7(11)5-9(8)12/h3-6H,1-2H3,(H2,13,14,15)/t6-/m0/s1. The van der Waals surface area contributed by atoms with Gasteiger partial charge in [-0.3, -0.25) is 0 Å². The summed E-state index contributed by atoms with van der Waals surface area (Å²) in [6, 6.07) is 3.18. The van der Waals surface area contributed by atoms with Crippen molar-refractivity contribution in [2.24, 2.45) is 0 Å². The van der Waals surface area contributed by atoms with Gasteiger partial charge in [0.2, 0.25) is 0 Å². The maximum Gasteiger partial charge on any atom is 0.166 e. The van der Waals surface area contributed by atoms with Gasteiger partial charge in [0.15, 0.2) is 5.11 Å². The minimum Gasteiger partial charge on any atom is -0.366 e. The van der Waals surface area contributed by atoms with Gasteiger partial charge in [0.1, 0.15) is 11.6 Å². The van der Waals surface area contributed by atoms with Crippen LogP contribution in [0.15, 0.2) is 18.2 Å². The summed E-state index contributed by atoms with van der Waals surface area (Å²) in [7, 11) is 1.67. The molecule has 1 aromatic rings. The summed E-state index contributed by atoms with van der Waals surface area (Å²) >= 11 is 4.88. The molecule has 0 aliphatic heterocycles. The lowest BCUT2D eigenvalue weighted by Crippen LogP contribution is -2.34. The fourth-order valence-electron chi connectivity index (χ4n) is 1.20. The van der Waals surface area contributed by atoms with E-state index in [4.69, 9.17) is 12.2 Å². The molecule has 1 rings (SSSR count). The van der Waals surface area contributed by atoms with Crippen LogP contribution in [-0.4, -0.2) is 12.2 Å². The van der Waals surface area contributed by atoms with Crippen LogP contribution in [0.5, 0.6) is 0 Å². The Morgan fingerprint density at radius 3 is 2.60 bits per heavy atom. The van der Waals surface area contributed by atoms with E-state index in [0.717, 1.165) is 6.07 Å². The molecular weight excluding hydrogens is 218 g/mol. The zero-order valence-electron chi connectivity index (χ0n) is 8.47. The highest BCUT2D eigenvalue weighted by Crippen LogP contribution is 2.17. The second kappa shape index (κ2) is 5.02. The summed E-state index contributed by atoms with van der Waals surface area (Å²) < 4.78 is 26.0. The van der Waals surface area contributed by atoms with Crippen molar-refractivity contribution in [2.45, 2.75) is 13.0 Å². The molecule has 0 aliphatic rings. The van der Waals surface area contributed by atoms with Gasteiger partial charge >= 0.3 is 0 Å². The van der Waals surface area contributed by atoms with E-state index in [0.29, 0.717) is 10.7 Å². The van der Waals surface area contributed by atoms with E-state index in [9.17, 15) is 8.78 Å². The highest BCUT2D eigenvalue weighted by atomic mass is 32.1. The van der Waals surface area contributed by atoms with Crippen LogP contribution in [0.25, 0.3) is 0 Å². The lowest BCUT2D eigenvalue weighted by molar-refractivity contribution is 0.552. The fourth-order valence-corrected chi connectivity index (χ4v) is 1.38. The molecule has 0 amide bonds. The van der Waals surface area contributed by atoms with Crippen LogP contribution in [0.4, 0.5) is 8.78 Å². The second-order valence-corrected chi connectivity index (χ2v) is 3.52. The average Bonchev–Trinajstić information content (AvgIpc) is 2.17. The predicted octanol–water partition coefficient (Wildman–Crippen LogP) is 2.12.